The van der Waals surface area contributed by atoms with Crippen LogP contribution in [0.15, 0.2) is 170 Å². The topological polar surface area (TPSA) is 0 Å². The lowest BCUT2D eigenvalue weighted by molar-refractivity contribution is 1.35. The molecule has 0 radical (unpaired) electrons. The van der Waals surface area contributed by atoms with Gasteiger partial charge in [0.25, 0.3) is 0 Å². The monoisotopic (exact) mass is 764 g/mol. The van der Waals surface area contributed by atoms with Crippen molar-refractivity contribution in [3.63, 3.8) is 0 Å². The quantitative estimate of drug-likeness (QED) is 0.121. The first-order valence-electron chi connectivity index (χ1n) is 21.5. The summed E-state index contributed by atoms with van der Waals surface area (Å²) in [6, 6.07) is 63.5. The van der Waals surface area contributed by atoms with Gasteiger partial charge in [-0.15, -0.1) is 0 Å². The Balaban J connectivity index is 0.000000136. The number of hydrogen-bond acceptors (Lipinski definition) is 0. The molecule has 0 saturated carbocycles. The molecule has 2 heterocycles. The summed E-state index contributed by atoms with van der Waals surface area (Å²) in [6.07, 6.45) is 0. The maximum absolute atomic E-state index is 2.39. The number of rotatable bonds is 2. The molecule has 0 N–H and O–H groups in total. The zero-order valence-corrected chi connectivity index (χ0v) is 35.3. The van der Waals surface area contributed by atoms with E-state index in [1.54, 1.807) is 0 Å². The molecule has 12 rings (SSSR count). The molecule has 284 valence electrons. The number of benzene rings is 10. The molecule has 0 aromatic heterocycles. The lowest BCUT2D eigenvalue weighted by Gasteiger charge is -2.30. The van der Waals surface area contributed by atoms with Crippen molar-refractivity contribution in [2.75, 3.05) is 0 Å². The van der Waals surface area contributed by atoms with E-state index in [0.717, 1.165) is 0 Å². The highest BCUT2D eigenvalue weighted by Crippen LogP contribution is 2.38. The van der Waals surface area contributed by atoms with Crippen molar-refractivity contribution in [2.24, 2.45) is 0 Å². The van der Waals surface area contributed by atoms with Crippen LogP contribution < -0.4 is 32.8 Å². The van der Waals surface area contributed by atoms with E-state index in [0.29, 0.717) is 0 Å². The molecule has 60 heavy (non-hydrogen) atoms. The van der Waals surface area contributed by atoms with Gasteiger partial charge in [-0.3, -0.25) is 0 Å². The zero-order valence-electron chi connectivity index (χ0n) is 35.3. The largest absolute Gasteiger partial charge is 0.243 e. The van der Waals surface area contributed by atoms with Crippen LogP contribution in [0, 0.1) is 41.5 Å². The van der Waals surface area contributed by atoms with Gasteiger partial charge in [0.2, 0.25) is 13.4 Å². The van der Waals surface area contributed by atoms with Crippen LogP contribution in [0.2, 0.25) is 0 Å². The predicted octanol–water partition coefficient (Wildman–Crippen LogP) is 10.8. The number of fused-ring (bicyclic) bond motifs is 8. The molecule has 0 bridgehead atoms. The van der Waals surface area contributed by atoms with Crippen LogP contribution in [0.25, 0.3) is 65.3 Å². The molecule has 10 aromatic carbocycles. The van der Waals surface area contributed by atoms with E-state index in [1.165, 1.54) is 132 Å². The van der Waals surface area contributed by atoms with E-state index in [1.807, 2.05) is 0 Å². The molecule has 10 aromatic rings. The molecule has 0 unspecified atom stereocenters. The smallest absolute Gasteiger partial charge is 0.0664 e. The van der Waals surface area contributed by atoms with Gasteiger partial charge in [-0.25, -0.2) is 0 Å². The minimum atomic E-state index is 0.263. The first-order valence-corrected chi connectivity index (χ1v) is 21.5. The molecule has 0 amide bonds. The molecule has 2 aliphatic heterocycles. The average Bonchev–Trinajstić information content (AvgIpc) is 3.25. The third-order valence-electron chi connectivity index (χ3n) is 13.6. The fourth-order valence-corrected chi connectivity index (χ4v) is 11.5. The Morgan fingerprint density at radius 1 is 0.283 bits per heavy atom. The summed E-state index contributed by atoms with van der Waals surface area (Å²) < 4.78 is 0. The van der Waals surface area contributed by atoms with Crippen molar-refractivity contribution >= 4 is 89.3 Å². The van der Waals surface area contributed by atoms with E-state index in [2.05, 4.69) is 211 Å². The molecule has 0 spiro atoms. The Morgan fingerprint density at radius 3 is 1.03 bits per heavy atom. The zero-order chi connectivity index (χ0) is 40.8. The molecule has 0 nitrogen and oxygen atoms in total. The van der Waals surface area contributed by atoms with Gasteiger partial charge in [0.1, 0.15) is 0 Å². The lowest BCUT2D eigenvalue weighted by Crippen LogP contribution is -2.56. The lowest BCUT2D eigenvalue weighted by atomic mass is 9.32. The predicted molar refractivity (Wildman–Crippen MR) is 264 cm³/mol. The van der Waals surface area contributed by atoms with Gasteiger partial charge in [0.05, 0.1) is 0 Å². The maximum atomic E-state index is 2.39. The highest BCUT2D eigenvalue weighted by molar-refractivity contribution is 7.00. The van der Waals surface area contributed by atoms with E-state index >= 15 is 0 Å². The maximum Gasteiger partial charge on any atom is 0.243 e. The standard InChI is InChI=1S/2C29H23B/c2*1-18-15-19(2)29(20(3)16-18)30-26-13-7-6-11-23(26)25-17-21-9-4-5-10-22(21)24-12-8-14-27(30)28(24)25/h2*4-17H,1-3H3. The Kier molecular flexibility index (Phi) is 8.50. The van der Waals surface area contributed by atoms with E-state index in [9.17, 15) is 0 Å². The summed E-state index contributed by atoms with van der Waals surface area (Å²) in [7, 11) is 0. The normalized spacial score (nSPS) is 12.4. The Labute approximate surface area is 354 Å². The Bertz CT molecular complexity index is 3130. The van der Waals surface area contributed by atoms with Crippen LogP contribution in [0.4, 0.5) is 0 Å². The summed E-state index contributed by atoms with van der Waals surface area (Å²) in [5.41, 5.74) is 22.3. The second-order valence-corrected chi connectivity index (χ2v) is 17.5. The molecular weight excluding hydrogens is 718 g/mol. The Morgan fingerprint density at radius 2 is 0.617 bits per heavy atom. The summed E-state index contributed by atoms with van der Waals surface area (Å²) in [4.78, 5) is 0. The molecule has 2 heteroatoms. The van der Waals surface area contributed by atoms with Crippen molar-refractivity contribution in [2.45, 2.75) is 41.5 Å². The minimum Gasteiger partial charge on any atom is -0.0664 e. The van der Waals surface area contributed by atoms with Crippen LogP contribution in [0.1, 0.15) is 33.4 Å². The van der Waals surface area contributed by atoms with E-state index in [-0.39, 0.29) is 13.4 Å². The van der Waals surface area contributed by atoms with Gasteiger partial charge in [0, 0.05) is 0 Å². The van der Waals surface area contributed by atoms with Crippen molar-refractivity contribution in [1.29, 1.82) is 0 Å². The van der Waals surface area contributed by atoms with Crippen LogP contribution in [-0.2, 0) is 0 Å². The van der Waals surface area contributed by atoms with Crippen LogP contribution >= 0.6 is 0 Å². The summed E-state index contributed by atoms with van der Waals surface area (Å²) in [5.74, 6) is 0. The molecule has 0 aliphatic carbocycles. The van der Waals surface area contributed by atoms with Crippen LogP contribution in [0.5, 0.6) is 0 Å². The summed E-state index contributed by atoms with van der Waals surface area (Å²) in [5, 5.41) is 10.9. The fraction of sp³-hybridized carbons (Fsp3) is 0.103. The average molecular weight is 765 g/mol. The molecule has 0 saturated heterocycles. The highest BCUT2D eigenvalue weighted by Gasteiger charge is 2.35. The van der Waals surface area contributed by atoms with Crippen LogP contribution in [-0.4, -0.2) is 13.4 Å². The van der Waals surface area contributed by atoms with Gasteiger partial charge in [-0.05, 0) is 119 Å². The van der Waals surface area contributed by atoms with Crippen molar-refractivity contribution in [3.8, 4) is 22.3 Å². The number of aryl methyl sites for hydroxylation is 6. The van der Waals surface area contributed by atoms with Crippen LogP contribution in [0.3, 0.4) is 0 Å². The third-order valence-corrected chi connectivity index (χ3v) is 13.6. The second-order valence-electron chi connectivity index (χ2n) is 17.5. The van der Waals surface area contributed by atoms with Gasteiger partial charge in [-0.1, -0.05) is 224 Å². The van der Waals surface area contributed by atoms with Crippen molar-refractivity contribution < 1.29 is 0 Å². The summed E-state index contributed by atoms with van der Waals surface area (Å²) >= 11 is 0. The molecule has 0 fully saturated rings. The van der Waals surface area contributed by atoms with E-state index < -0.39 is 0 Å². The fourth-order valence-electron chi connectivity index (χ4n) is 11.5. The molecule has 2 aliphatic rings. The Hall–Kier alpha value is -6.63. The highest BCUT2D eigenvalue weighted by atomic mass is 14.2. The molecular formula is C58H46B2. The van der Waals surface area contributed by atoms with Crippen molar-refractivity contribution in [3.05, 3.63) is 203 Å². The second kappa shape index (κ2) is 14.0. The van der Waals surface area contributed by atoms with E-state index in [4.69, 9.17) is 0 Å². The van der Waals surface area contributed by atoms with Gasteiger partial charge < -0.3 is 0 Å². The van der Waals surface area contributed by atoms with Crippen molar-refractivity contribution in [1.82, 2.24) is 0 Å². The van der Waals surface area contributed by atoms with Gasteiger partial charge in [0.15, 0.2) is 0 Å². The summed E-state index contributed by atoms with van der Waals surface area (Å²) in [6.45, 7) is 14.0. The minimum absolute atomic E-state index is 0.263. The van der Waals surface area contributed by atoms with Gasteiger partial charge in [-0.2, -0.15) is 0 Å². The molecule has 0 atom stereocenters. The van der Waals surface area contributed by atoms with Gasteiger partial charge >= 0.3 is 0 Å². The first-order chi connectivity index (χ1) is 29.3. The SMILES string of the molecule is Cc1cc(C)c(B2c3ccccc3-c3cc4ccccc4c4cccc2c34)c(C)c1.Cc1cc(C)c(B2c3ccccc3-c3cc4ccccc4c4cccc2c34)c(C)c1. The third kappa shape index (κ3) is 5.54. The number of hydrogen-bond donors (Lipinski definition) is 0. The first kappa shape index (κ1) is 36.4.